The zero-order valence-electron chi connectivity index (χ0n) is 12.0. The number of phenols is 1. The van der Waals surface area contributed by atoms with Gasteiger partial charge in [0, 0.05) is 18.6 Å². The Morgan fingerprint density at radius 2 is 1.95 bits per heavy atom. The molecule has 1 aliphatic rings. The number of allylic oxidation sites excluding steroid dienone is 2. The molecule has 21 heavy (non-hydrogen) atoms. The second kappa shape index (κ2) is 6.90. The van der Waals surface area contributed by atoms with Crippen molar-refractivity contribution >= 4 is 5.78 Å². The summed E-state index contributed by atoms with van der Waals surface area (Å²) >= 11 is 0. The van der Waals surface area contributed by atoms with Gasteiger partial charge in [-0.2, -0.15) is 0 Å². The summed E-state index contributed by atoms with van der Waals surface area (Å²) in [4.78, 5) is 12.0. The molecule has 0 aromatic heterocycles. The highest BCUT2D eigenvalue weighted by Crippen LogP contribution is 2.21. The Morgan fingerprint density at radius 3 is 2.57 bits per heavy atom. The molecule has 0 heterocycles. The Morgan fingerprint density at radius 1 is 1.24 bits per heavy atom. The first-order valence-electron chi connectivity index (χ1n) is 6.62. The molecule has 0 saturated heterocycles. The third-order valence-electron chi connectivity index (χ3n) is 3.32. The molecule has 0 radical (unpaired) electrons. The molecular formula is C17H18O4. The van der Waals surface area contributed by atoms with E-state index in [0.717, 1.165) is 5.76 Å². The van der Waals surface area contributed by atoms with Crippen molar-refractivity contribution in [2.75, 3.05) is 14.2 Å². The number of ether oxygens (including phenoxy) is 2. The highest BCUT2D eigenvalue weighted by molar-refractivity contribution is 6.04. The van der Waals surface area contributed by atoms with E-state index in [-0.39, 0.29) is 23.6 Å². The van der Waals surface area contributed by atoms with E-state index in [2.05, 4.69) is 0 Å². The Labute approximate surface area is 124 Å². The van der Waals surface area contributed by atoms with Crippen molar-refractivity contribution in [2.45, 2.75) is 6.10 Å². The number of methoxy groups -OCH3 is 2. The minimum absolute atomic E-state index is 0.0186. The third kappa shape index (κ3) is 3.83. The van der Waals surface area contributed by atoms with Gasteiger partial charge in [-0.15, -0.1) is 0 Å². The Bertz CT molecular complexity index is 581. The summed E-state index contributed by atoms with van der Waals surface area (Å²) in [5.74, 6) is 0.758. The summed E-state index contributed by atoms with van der Waals surface area (Å²) in [5.41, 5.74) is 0.533. The first-order valence-corrected chi connectivity index (χ1v) is 6.62. The average Bonchev–Trinajstić information content (AvgIpc) is 2.53. The monoisotopic (exact) mass is 286 g/mol. The lowest BCUT2D eigenvalue weighted by atomic mass is 9.95. The molecule has 0 fully saturated rings. The number of phenolic OH excluding ortho intramolecular Hbond substituents is 1. The van der Waals surface area contributed by atoms with Crippen LogP contribution in [0.25, 0.3) is 0 Å². The Balaban J connectivity index is 2.07. The van der Waals surface area contributed by atoms with E-state index < -0.39 is 0 Å². The largest absolute Gasteiger partial charge is 0.508 e. The number of hydrogen-bond donors (Lipinski definition) is 1. The van der Waals surface area contributed by atoms with Crippen molar-refractivity contribution in [3.8, 4) is 5.75 Å². The summed E-state index contributed by atoms with van der Waals surface area (Å²) in [7, 11) is 3.23. The van der Waals surface area contributed by atoms with Crippen LogP contribution in [0.4, 0.5) is 0 Å². The van der Waals surface area contributed by atoms with Crippen LogP contribution in [0, 0.1) is 5.92 Å². The maximum atomic E-state index is 12.0. The molecule has 110 valence electrons. The predicted molar refractivity (Wildman–Crippen MR) is 80.1 cm³/mol. The molecule has 4 nitrogen and oxygen atoms in total. The van der Waals surface area contributed by atoms with Gasteiger partial charge in [-0.3, -0.25) is 4.79 Å². The van der Waals surface area contributed by atoms with Crippen LogP contribution in [0.1, 0.15) is 10.4 Å². The highest BCUT2D eigenvalue weighted by atomic mass is 16.5. The fraction of sp³-hybridized carbons (Fsp3) is 0.235. The standard InChI is InChI=1S/C17H18O4/c1-20-15-9-5-13(17(11-15)21-2)6-10-16(19)12-3-7-14(18)8-4-12/h3-11,13,17-18H,1-2H3. The summed E-state index contributed by atoms with van der Waals surface area (Å²) in [6, 6.07) is 6.17. The van der Waals surface area contributed by atoms with Gasteiger partial charge in [-0.25, -0.2) is 0 Å². The second-order valence-corrected chi connectivity index (χ2v) is 4.68. The molecule has 0 amide bonds. The maximum absolute atomic E-state index is 12.0. The molecule has 0 aliphatic heterocycles. The van der Waals surface area contributed by atoms with Gasteiger partial charge in [-0.05, 0) is 42.5 Å². The van der Waals surface area contributed by atoms with E-state index in [1.807, 2.05) is 24.3 Å². The molecule has 4 heteroatoms. The zero-order valence-corrected chi connectivity index (χ0v) is 12.0. The Hall–Kier alpha value is -2.33. The number of carbonyl (C=O) groups is 1. The minimum Gasteiger partial charge on any atom is -0.508 e. The van der Waals surface area contributed by atoms with Gasteiger partial charge < -0.3 is 14.6 Å². The highest BCUT2D eigenvalue weighted by Gasteiger charge is 2.19. The topological polar surface area (TPSA) is 55.8 Å². The fourth-order valence-electron chi connectivity index (χ4n) is 2.10. The minimum atomic E-state index is -0.159. The molecule has 2 rings (SSSR count). The van der Waals surface area contributed by atoms with E-state index in [1.54, 1.807) is 26.4 Å². The van der Waals surface area contributed by atoms with Gasteiger partial charge in [0.2, 0.25) is 0 Å². The van der Waals surface area contributed by atoms with Gasteiger partial charge in [0.25, 0.3) is 0 Å². The molecule has 2 unspecified atom stereocenters. The molecule has 0 saturated carbocycles. The van der Waals surface area contributed by atoms with Crippen LogP contribution in [0.5, 0.6) is 5.75 Å². The van der Waals surface area contributed by atoms with E-state index >= 15 is 0 Å². The van der Waals surface area contributed by atoms with Crippen LogP contribution in [0.15, 0.2) is 60.4 Å². The Kier molecular flexibility index (Phi) is 4.95. The lowest BCUT2D eigenvalue weighted by molar-refractivity contribution is 0.104. The molecule has 1 aromatic carbocycles. The fourth-order valence-corrected chi connectivity index (χ4v) is 2.10. The van der Waals surface area contributed by atoms with Gasteiger partial charge in [0.15, 0.2) is 5.78 Å². The van der Waals surface area contributed by atoms with Crippen LogP contribution in [-0.4, -0.2) is 31.2 Å². The SMILES string of the molecule is COC1=CC(OC)C(C=CC(=O)c2ccc(O)cc2)C=C1. The van der Waals surface area contributed by atoms with Crippen LogP contribution in [0.3, 0.4) is 0 Å². The molecule has 0 bridgehead atoms. The molecule has 1 N–H and O–H groups in total. The van der Waals surface area contributed by atoms with E-state index in [0.29, 0.717) is 5.56 Å². The summed E-state index contributed by atoms with van der Waals surface area (Å²) < 4.78 is 10.5. The molecule has 0 spiro atoms. The van der Waals surface area contributed by atoms with Crippen molar-refractivity contribution in [2.24, 2.45) is 5.92 Å². The van der Waals surface area contributed by atoms with Crippen molar-refractivity contribution in [1.82, 2.24) is 0 Å². The van der Waals surface area contributed by atoms with Crippen molar-refractivity contribution in [3.05, 3.63) is 66.0 Å². The van der Waals surface area contributed by atoms with Crippen molar-refractivity contribution in [3.63, 3.8) is 0 Å². The normalized spacial score (nSPS) is 21.3. The van der Waals surface area contributed by atoms with Crippen LogP contribution in [0.2, 0.25) is 0 Å². The van der Waals surface area contributed by atoms with Crippen molar-refractivity contribution < 1.29 is 19.4 Å². The number of carbonyl (C=O) groups excluding carboxylic acids is 1. The van der Waals surface area contributed by atoms with Crippen LogP contribution < -0.4 is 0 Å². The smallest absolute Gasteiger partial charge is 0.185 e. The lowest BCUT2D eigenvalue weighted by Gasteiger charge is -2.21. The maximum Gasteiger partial charge on any atom is 0.185 e. The molecular weight excluding hydrogens is 268 g/mol. The lowest BCUT2D eigenvalue weighted by Crippen LogP contribution is -2.20. The van der Waals surface area contributed by atoms with Gasteiger partial charge >= 0.3 is 0 Å². The number of rotatable bonds is 5. The molecule has 1 aliphatic carbocycles. The first-order chi connectivity index (χ1) is 10.1. The zero-order chi connectivity index (χ0) is 15.2. The second-order valence-electron chi connectivity index (χ2n) is 4.68. The number of ketones is 1. The van der Waals surface area contributed by atoms with E-state index in [1.165, 1.54) is 18.2 Å². The van der Waals surface area contributed by atoms with Gasteiger partial charge in [0.05, 0.1) is 13.2 Å². The summed E-state index contributed by atoms with van der Waals surface area (Å²) in [6.45, 7) is 0. The first kappa shape index (κ1) is 15.1. The average molecular weight is 286 g/mol. The number of aromatic hydroxyl groups is 1. The number of hydrogen-bond acceptors (Lipinski definition) is 4. The van der Waals surface area contributed by atoms with E-state index in [9.17, 15) is 9.90 Å². The quantitative estimate of drug-likeness (QED) is 0.668. The molecule has 2 atom stereocenters. The summed E-state index contributed by atoms with van der Waals surface area (Å²) in [6.07, 6.45) is 8.85. The van der Waals surface area contributed by atoms with E-state index in [4.69, 9.17) is 9.47 Å². The summed E-state index contributed by atoms with van der Waals surface area (Å²) in [5, 5.41) is 9.21. The van der Waals surface area contributed by atoms with Crippen molar-refractivity contribution in [1.29, 1.82) is 0 Å². The van der Waals surface area contributed by atoms with Gasteiger partial charge in [-0.1, -0.05) is 12.2 Å². The van der Waals surface area contributed by atoms with Crippen LogP contribution in [-0.2, 0) is 9.47 Å². The molecule has 1 aromatic rings. The number of benzene rings is 1. The van der Waals surface area contributed by atoms with Crippen LogP contribution >= 0.6 is 0 Å². The van der Waals surface area contributed by atoms with Gasteiger partial charge in [0.1, 0.15) is 11.5 Å². The third-order valence-corrected chi connectivity index (χ3v) is 3.32. The predicted octanol–water partition coefficient (Wildman–Crippen LogP) is 2.86.